The number of aromatic nitrogens is 3. The average molecular weight is 382 g/mol. The van der Waals surface area contributed by atoms with Gasteiger partial charge in [-0.1, -0.05) is 0 Å². The first-order chi connectivity index (χ1) is 11.2. The third-order valence-electron chi connectivity index (χ3n) is 3.42. The third kappa shape index (κ3) is 3.79. The van der Waals surface area contributed by atoms with Crippen molar-refractivity contribution >= 4 is 27.8 Å². The fraction of sp³-hybridized carbons (Fsp3) is 0.429. The van der Waals surface area contributed by atoms with E-state index in [1.54, 1.807) is 12.1 Å². The van der Waals surface area contributed by atoms with Gasteiger partial charge in [0.15, 0.2) is 16.3 Å². The van der Waals surface area contributed by atoms with Crippen LogP contribution in [0, 0.1) is 0 Å². The number of furan rings is 1. The average Bonchev–Trinajstić information content (AvgIpc) is 3.23. The molecule has 2 aromatic heterocycles. The van der Waals surface area contributed by atoms with Gasteiger partial charge in [-0.25, -0.2) is 0 Å². The Balaban J connectivity index is 1.71. The number of ether oxygens (including phenoxy) is 1. The van der Waals surface area contributed by atoms with Crippen molar-refractivity contribution in [3.8, 4) is 6.01 Å². The Morgan fingerprint density at radius 2 is 2.13 bits per heavy atom. The highest BCUT2D eigenvalue weighted by molar-refractivity contribution is 9.10. The first-order valence-corrected chi connectivity index (χ1v) is 8.02. The molecule has 23 heavy (non-hydrogen) atoms. The molecular weight excluding hydrogens is 366 g/mol. The summed E-state index contributed by atoms with van der Waals surface area (Å²) in [5.74, 6) is 0.910. The number of amides is 1. The van der Waals surface area contributed by atoms with Crippen molar-refractivity contribution < 1.29 is 13.9 Å². The zero-order valence-corrected chi connectivity index (χ0v) is 14.2. The van der Waals surface area contributed by atoms with Crippen LogP contribution in [0.1, 0.15) is 29.2 Å². The van der Waals surface area contributed by atoms with E-state index in [1.165, 1.54) is 7.11 Å². The number of anilines is 1. The van der Waals surface area contributed by atoms with Crippen molar-refractivity contribution in [2.45, 2.75) is 19.4 Å². The summed E-state index contributed by atoms with van der Waals surface area (Å²) in [5, 5.41) is 2.72. The first-order valence-electron chi connectivity index (χ1n) is 7.23. The van der Waals surface area contributed by atoms with Gasteiger partial charge in [-0.3, -0.25) is 4.79 Å². The van der Waals surface area contributed by atoms with Gasteiger partial charge in [0, 0.05) is 13.1 Å². The van der Waals surface area contributed by atoms with Crippen LogP contribution in [-0.4, -0.2) is 41.1 Å². The first kappa shape index (κ1) is 15.7. The molecule has 0 unspecified atom stereocenters. The van der Waals surface area contributed by atoms with Gasteiger partial charge >= 0.3 is 6.01 Å². The van der Waals surface area contributed by atoms with Crippen LogP contribution in [0.2, 0.25) is 0 Å². The molecule has 0 radical (unpaired) electrons. The number of hydrogen-bond donors (Lipinski definition) is 1. The van der Waals surface area contributed by atoms with Crippen LogP contribution in [-0.2, 0) is 6.54 Å². The number of hydrogen-bond acceptors (Lipinski definition) is 7. The van der Waals surface area contributed by atoms with Gasteiger partial charge < -0.3 is 19.4 Å². The van der Waals surface area contributed by atoms with E-state index in [9.17, 15) is 4.79 Å². The monoisotopic (exact) mass is 381 g/mol. The Morgan fingerprint density at radius 3 is 2.78 bits per heavy atom. The molecule has 0 aliphatic carbocycles. The standard InChI is InChI=1S/C14H16BrN5O3/c1-22-14-18-11(17-13(19-14)20-6-2-3-7-20)8-16-12(21)9-4-5-10(15)23-9/h4-5H,2-3,6-8H2,1H3,(H,16,21). The maximum atomic E-state index is 12.0. The number of rotatable bonds is 5. The Labute approximate surface area is 141 Å². The van der Waals surface area contributed by atoms with Gasteiger partial charge in [0.2, 0.25) is 5.95 Å². The Bertz CT molecular complexity index is 699. The lowest BCUT2D eigenvalue weighted by atomic mass is 10.4. The van der Waals surface area contributed by atoms with E-state index in [2.05, 4.69) is 41.1 Å². The van der Waals surface area contributed by atoms with Gasteiger partial charge in [0.1, 0.15) is 0 Å². The summed E-state index contributed by atoms with van der Waals surface area (Å²) in [5.41, 5.74) is 0. The number of methoxy groups -OCH3 is 1. The molecule has 8 nitrogen and oxygen atoms in total. The second kappa shape index (κ2) is 6.95. The van der Waals surface area contributed by atoms with E-state index in [0.717, 1.165) is 25.9 Å². The minimum Gasteiger partial charge on any atom is -0.467 e. The highest BCUT2D eigenvalue weighted by Gasteiger charge is 2.18. The van der Waals surface area contributed by atoms with Gasteiger partial charge in [-0.15, -0.1) is 0 Å². The van der Waals surface area contributed by atoms with Crippen molar-refractivity contribution in [1.82, 2.24) is 20.3 Å². The van der Waals surface area contributed by atoms with Crippen molar-refractivity contribution in [2.75, 3.05) is 25.1 Å². The van der Waals surface area contributed by atoms with Crippen LogP contribution in [0.15, 0.2) is 21.2 Å². The van der Waals surface area contributed by atoms with Crippen molar-refractivity contribution in [2.24, 2.45) is 0 Å². The summed E-state index contributed by atoms with van der Waals surface area (Å²) in [4.78, 5) is 26.9. The summed E-state index contributed by atoms with van der Waals surface area (Å²) in [6.45, 7) is 2.00. The molecule has 1 aliphatic rings. The molecule has 0 saturated carbocycles. The van der Waals surface area contributed by atoms with Gasteiger partial charge in [0.05, 0.1) is 13.7 Å². The largest absolute Gasteiger partial charge is 0.467 e. The zero-order valence-electron chi connectivity index (χ0n) is 12.6. The van der Waals surface area contributed by atoms with Crippen LogP contribution >= 0.6 is 15.9 Å². The molecule has 122 valence electrons. The van der Waals surface area contributed by atoms with Crippen molar-refractivity contribution in [1.29, 1.82) is 0 Å². The molecule has 0 atom stereocenters. The zero-order chi connectivity index (χ0) is 16.2. The molecular formula is C14H16BrN5O3. The number of carbonyl (C=O) groups is 1. The molecule has 3 heterocycles. The van der Waals surface area contributed by atoms with Crippen molar-refractivity contribution in [3.05, 3.63) is 28.4 Å². The normalized spacial score (nSPS) is 14.1. The fourth-order valence-corrected chi connectivity index (χ4v) is 2.60. The molecule has 1 fully saturated rings. The topological polar surface area (TPSA) is 93.4 Å². The Hall–Kier alpha value is -2.16. The number of nitrogens with zero attached hydrogens (tertiary/aromatic N) is 4. The highest BCUT2D eigenvalue weighted by atomic mass is 79.9. The van der Waals surface area contributed by atoms with E-state index in [0.29, 0.717) is 16.4 Å². The molecule has 1 saturated heterocycles. The number of carbonyl (C=O) groups excluding carboxylic acids is 1. The summed E-state index contributed by atoms with van der Waals surface area (Å²) in [6.07, 6.45) is 2.24. The Kier molecular flexibility index (Phi) is 4.75. The lowest BCUT2D eigenvalue weighted by Gasteiger charge is -2.16. The van der Waals surface area contributed by atoms with E-state index in [1.807, 2.05) is 0 Å². The number of halogens is 1. The molecule has 0 bridgehead atoms. The third-order valence-corrected chi connectivity index (χ3v) is 3.85. The van der Waals surface area contributed by atoms with E-state index in [4.69, 9.17) is 9.15 Å². The van der Waals surface area contributed by atoms with E-state index < -0.39 is 0 Å². The van der Waals surface area contributed by atoms with Crippen LogP contribution in [0.3, 0.4) is 0 Å². The molecule has 9 heteroatoms. The highest BCUT2D eigenvalue weighted by Crippen LogP contribution is 2.18. The molecule has 0 aromatic carbocycles. The van der Waals surface area contributed by atoms with Crippen LogP contribution < -0.4 is 15.0 Å². The summed E-state index contributed by atoms with van der Waals surface area (Å²) in [7, 11) is 1.51. The van der Waals surface area contributed by atoms with Crippen LogP contribution in [0.4, 0.5) is 5.95 Å². The van der Waals surface area contributed by atoms with Crippen LogP contribution in [0.5, 0.6) is 6.01 Å². The molecule has 0 spiro atoms. The second-order valence-electron chi connectivity index (χ2n) is 5.02. The molecule has 1 aliphatic heterocycles. The number of nitrogens with one attached hydrogen (secondary N) is 1. The van der Waals surface area contributed by atoms with Gasteiger partial charge in [-0.05, 0) is 40.9 Å². The lowest BCUT2D eigenvalue weighted by Crippen LogP contribution is -2.26. The van der Waals surface area contributed by atoms with Crippen molar-refractivity contribution in [3.63, 3.8) is 0 Å². The second-order valence-corrected chi connectivity index (χ2v) is 5.80. The summed E-state index contributed by atoms with van der Waals surface area (Å²) >= 11 is 3.16. The molecule has 1 amide bonds. The quantitative estimate of drug-likeness (QED) is 0.842. The predicted octanol–water partition coefficient (Wildman–Crippen LogP) is 1.77. The lowest BCUT2D eigenvalue weighted by molar-refractivity contribution is 0.0920. The van der Waals surface area contributed by atoms with E-state index in [-0.39, 0.29) is 24.2 Å². The fourth-order valence-electron chi connectivity index (χ4n) is 2.30. The Morgan fingerprint density at radius 1 is 1.35 bits per heavy atom. The minimum atomic E-state index is -0.335. The molecule has 3 rings (SSSR count). The maximum absolute atomic E-state index is 12.0. The molecule has 2 aromatic rings. The SMILES string of the molecule is COc1nc(CNC(=O)c2ccc(Br)o2)nc(N2CCCC2)n1. The minimum absolute atomic E-state index is 0.164. The summed E-state index contributed by atoms with van der Waals surface area (Å²) < 4.78 is 10.8. The van der Waals surface area contributed by atoms with Crippen LogP contribution in [0.25, 0.3) is 0 Å². The summed E-state index contributed by atoms with van der Waals surface area (Å²) in [6, 6.07) is 3.49. The predicted molar refractivity (Wildman–Crippen MR) is 85.4 cm³/mol. The van der Waals surface area contributed by atoms with E-state index >= 15 is 0 Å². The van der Waals surface area contributed by atoms with Gasteiger partial charge in [0.25, 0.3) is 5.91 Å². The molecule has 1 N–H and O–H groups in total. The maximum Gasteiger partial charge on any atom is 0.321 e. The smallest absolute Gasteiger partial charge is 0.321 e. The van der Waals surface area contributed by atoms with Gasteiger partial charge in [-0.2, -0.15) is 15.0 Å².